The number of nitrogens with one attached hydrogen (secondary N) is 1. The smallest absolute Gasteiger partial charge is 0.249 e. The molecule has 4 heteroatoms. The first kappa shape index (κ1) is 14.4. The molecule has 114 valence electrons. The molecule has 0 bridgehead atoms. The number of rotatable bonds is 4. The zero-order chi connectivity index (χ0) is 14.7. The van der Waals surface area contributed by atoms with Crippen LogP contribution in [0.3, 0.4) is 0 Å². The molecule has 1 aliphatic heterocycles. The Morgan fingerprint density at radius 3 is 2.71 bits per heavy atom. The SMILES string of the molecule is COc1ccccc1C1(NC(=O)C2CCCO2)CCCC1. The fraction of sp³-hybridized carbons (Fsp3) is 0.588. The highest BCUT2D eigenvalue weighted by atomic mass is 16.5. The van der Waals surface area contributed by atoms with Gasteiger partial charge in [0.05, 0.1) is 12.6 Å². The van der Waals surface area contributed by atoms with E-state index in [-0.39, 0.29) is 17.6 Å². The summed E-state index contributed by atoms with van der Waals surface area (Å²) in [5.74, 6) is 0.882. The quantitative estimate of drug-likeness (QED) is 0.927. The second-order valence-corrected chi connectivity index (χ2v) is 5.98. The van der Waals surface area contributed by atoms with Crippen molar-refractivity contribution >= 4 is 5.91 Å². The maximum absolute atomic E-state index is 12.5. The van der Waals surface area contributed by atoms with Crippen LogP contribution in [0, 0.1) is 0 Å². The third-order valence-electron chi connectivity index (χ3n) is 4.66. The van der Waals surface area contributed by atoms with Crippen LogP contribution >= 0.6 is 0 Å². The molecule has 3 rings (SSSR count). The predicted molar refractivity (Wildman–Crippen MR) is 80.3 cm³/mol. The van der Waals surface area contributed by atoms with E-state index in [0.717, 1.165) is 49.8 Å². The first-order valence-corrected chi connectivity index (χ1v) is 7.82. The topological polar surface area (TPSA) is 47.6 Å². The molecule has 21 heavy (non-hydrogen) atoms. The van der Waals surface area contributed by atoms with E-state index in [9.17, 15) is 4.79 Å². The van der Waals surface area contributed by atoms with Crippen molar-refractivity contribution < 1.29 is 14.3 Å². The van der Waals surface area contributed by atoms with E-state index in [0.29, 0.717) is 6.61 Å². The van der Waals surface area contributed by atoms with Crippen molar-refractivity contribution in [1.82, 2.24) is 5.32 Å². The molecule has 1 saturated carbocycles. The molecule has 1 aliphatic carbocycles. The largest absolute Gasteiger partial charge is 0.496 e. The number of methoxy groups -OCH3 is 1. The van der Waals surface area contributed by atoms with Crippen LogP contribution < -0.4 is 10.1 Å². The van der Waals surface area contributed by atoms with Crippen LogP contribution in [0.5, 0.6) is 5.75 Å². The lowest BCUT2D eigenvalue weighted by atomic mass is 9.87. The average Bonchev–Trinajstić information content (AvgIpc) is 3.19. The summed E-state index contributed by atoms with van der Waals surface area (Å²) >= 11 is 0. The molecule has 1 heterocycles. The molecule has 1 saturated heterocycles. The first-order chi connectivity index (χ1) is 10.2. The monoisotopic (exact) mass is 289 g/mol. The summed E-state index contributed by atoms with van der Waals surface area (Å²) in [5.41, 5.74) is 0.798. The molecule has 1 aromatic carbocycles. The molecule has 0 spiro atoms. The van der Waals surface area contributed by atoms with Crippen LogP contribution in [0.15, 0.2) is 24.3 Å². The van der Waals surface area contributed by atoms with Crippen LogP contribution in [0.4, 0.5) is 0 Å². The van der Waals surface area contributed by atoms with Crippen LogP contribution in [0.1, 0.15) is 44.1 Å². The highest BCUT2D eigenvalue weighted by Gasteiger charge is 2.40. The lowest BCUT2D eigenvalue weighted by Gasteiger charge is -2.33. The van der Waals surface area contributed by atoms with Crippen molar-refractivity contribution in [1.29, 1.82) is 0 Å². The van der Waals surface area contributed by atoms with Crippen molar-refractivity contribution in [3.63, 3.8) is 0 Å². The standard InChI is InChI=1S/C17H23NO3/c1-20-14-8-3-2-7-13(14)17(10-4-5-11-17)18-16(19)15-9-6-12-21-15/h2-3,7-8,15H,4-6,9-12H2,1H3,(H,18,19). The summed E-state index contributed by atoms with van der Waals surface area (Å²) in [5, 5.41) is 3.28. The Morgan fingerprint density at radius 1 is 1.29 bits per heavy atom. The normalized spacial score (nSPS) is 24.0. The van der Waals surface area contributed by atoms with E-state index in [4.69, 9.17) is 9.47 Å². The van der Waals surface area contributed by atoms with Gasteiger partial charge in [-0.15, -0.1) is 0 Å². The number of para-hydroxylation sites is 1. The third kappa shape index (κ3) is 2.77. The third-order valence-corrected chi connectivity index (χ3v) is 4.66. The van der Waals surface area contributed by atoms with Crippen molar-refractivity contribution in [3.05, 3.63) is 29.8 Å². The molecular formula is C17H23NO3. The summed E-state index contributed by atoms with van der Waals surface area (Å²) in [6.07, 6.45) is 5.70. The summed E-state index contributed by atoms with van der Waals surface area (Å²) in [6, 6.07) is 8.01. The molecule has 1 atom stereocenters. The zero-order valence-corrected chi connectivity index (χ0v) is 12.6. The molecule has 0 aromatic heterocycles. The Morgan fingerprint density at radius 2 is 2.05 bits per heavy atom. The fourth-order valence-electron chi connectivity index (χ4n) is 3.58. The number of benzene rings is 1. The van der Waals surface area contributed by atoms with Crippen LogP contribution in [-0.2, 0) is 15.1 Å². The molecule has 2 aliphatic rings. The van der Waals surface area contributed by atoms with E-state index in [1.807, 2.05) is 18.2 Å². The van der Waals surface area contributed by atoms with Crippen molar-refractivity contribution in [2.24, 2.45) is 0 Å². The highest BCUT2D eigenvalue weighted by molar-refractivity contribution is 5.82. The van der Waals surface area contributed by atoms with Gasteiger partial charge in [0, 0.05) is 12.2 Å². The molecule has 1 amide bonds. The minimum atomic E-state index is -0.296. The average molecular weight is 289 g/mol. The maximum Gasteiger partial charge on any atom is 0.249 e. The first-order valence-electron chi connectivity index (χ1n) is 7.82. The van der Waals surface area contributed by atoms with E-state index < -0.39 is 0 Å². The molecule has 1 aromatic rings. The second-order valence-electron chi connectivity index (χ2n) is 5.98. The van der Waals surface area contributed by atoms with Crippen LogP contribution in [0.25, 0.3) is 0 Å². The molecule has 2 fully saturated rings. The predicted octanol–water partition coefficient (Wildman–Crippen LogP) is 2.76. The number of carbonyl (C=O) groups is 1. The lowest BCUT2D eigenvalue weighted by molar-refractivity contribution is -0.132. The minimum absolute atomic E-state index is 0.0281. The van der Waals surface area contributed by atoms with Gasteiger partial charge in [-0.1, -0.05) is 31.0 Å². The van der Waals surface area contributed by atoms with Crippen LogP contribution in [-0.4, -0.2) is 25.7 Å². The summed E-state index contributed by atoms with van der Waals surface area (Å²) < 4.78 is 11.0. The Balaban J connectivity index is 1.87. The van der Waals surface area contributed by atoms with Gasteiger partial charge in [0.1, 0.15) is 11.9 Å². The van der Waals surface area contributed by atoms with E-state index in [1.54, 1.807) is 7.11 Å². The van der Waals surface area contributed by atoms with Gasteiger partial charge in [-0.3, -0.25) is 4.79 Å². The van der Waals surface area contributed by atoms with Gasteiger partial charge in [0.2, 0.25) is 5.91 Å². The maximum atomic E-state index is 12.5. The number of ether oxygens (including phenoxy) is 2. The summed E-state index contributed by atoms with van der Waals surface area (Å²) in [4.78, 5) is 12.5. The molecular weight excluding hydrogens is 266 g/mol. The zero-order valence-electron chi connectivity index (χ0n) is 12.6. The Labute approximate surface area is 125 Å². The minimum Gasteiger partial charge on any atom is -0.496 e. The van der Waals surface area contributed by atoms with Gasteiger partial charge in [0.25, 0.3) is 0 Å². The highest BCUT2D eigenvalue weighted by Crippen LogP contribution is 2.42. The van der Waals surface area contributed by atoms with E-state index >= 15 is 0 Å². The summed E-state index contributed by atoms with van der Waals surface area (Å²) in [7, 11) is 1.68. The molecule has 1 unspecified atom stereocenters. The number of amides is 1. The fourth-order valence-corrected chi connectivity index (χ4v) is 3.58. The molecule has 0 radical (unpaired) electrons. The lowest BCUT2D eigenvalue weighted by Crippen LogP contribution is -2.48. The van der Waals surface area contributed by atoms with Gasteiger partial charge in [-0.25, -0.2) is 0 Å². The van der Waals surface area contributed by atoms with E-state index in [2.05, 4.69) is 11.4 Å². The number of carbonyl (C=O) groups excluding carboxylic acids is 1. The van der Waals surface area contributed by atoms with Gasteiger partial charge in [0.15, 0.2) is 0 Å². The van der Waals surface area contributed by atoms with Crippen molar-refractivity contribution in [3.8, 4) is 5.75 Å². The molecule has 1 N–H and O–H groups in total. The van der Waals surface area contributed by atoms with Gasteiger partial charge < -0.3 is 14.8 Å². The Hall–Kier alpha value is -1.55. The Bertz CT molecular complexity index is 503. The van der Waals surface area contributed by atoms with Gasteiger partial charge in [-0.2, -0.15) is 0 Å². The van der Waals surface area contributed by atoms with E-state index in [1.165, 1.54) is 0 Å². The van der Waals surface area contributed by atoms with Gasteiger partial charge >= 0.3 is 0 Å². The van der Waals surface area contributed by atoms with Gasteiger partial charge in [-0.05, 0) is 31.7 Å². The van der Waals surface area contributed by atoms with Crippen LogP contribution in [0.2, 0.25) is 0 Å². The molecule has 4 nitrogen and oxygen atoms in total. The summed E-state index contributed by atoms with van der Waals surface area (Å²) in [6.45, 7) is 0.694. The van der Waals surface area contributed by atoms with Crippen molar-refractivity contribution in [2.75, 3.05) is 13.7 Å². The van der Waals surface area contributed by atoms with Crippen molar-refractivity contribution in [2.45, 2.75) is 50.2 Å². The second kappa shape index (κ2) is 6.06. The number of hydrogen-bond donors (Lipinski definition) is 1. The Kier molecular flexibility index (Phi) is 4.15. The number of hydrogen-bond acceptors (Lipinski definition) is 3.